The van der Waals surface area contributed by atoms with Crippen molar-refractivity contribution in [1.82, 2.24) is 5.32 Å². The van der Waals surface area contributed by atoms with Gasteiger partial charge in [-0.25, -0.2) is 8.42 Å². The second-order valence-electron chi connectivity index (χ2n) is 4.50. The van der Waals surface area contributed by atoms with Crippen LogP contribution in [0.2, 0.25) is 0 Å². The quantitative estimate of drug-likeness (QED) is 0.703. The van der Waals surface area contributed by atoms with E-state index in [2.05, 4.69) is 12.2 Å². The molecule has 84 valence electrons. The van der Waals surface area contributed by atoms with Gasteiger partial charge in [0.1, 0.15) is 9.84 Å². The first-order valence-electron chi connectivity index (χ1n) is 5.37. The molecule has 0 aromatic heterocycles. The monoisotopic (exact) mass is 219 g/mol. The predicted octanol–water partition coefficient (Wildman–Crippen LogP) is 1.06. The van der Waals surface area contributed by atoms with Crippen LogP contribution in [0.15, 0.2) is 0 Å². The van der Waals surface area contributed by atoms with Crippen molar-refractivity contribution in [2.45, 2.75) is 26.2 Å². The third-order valence-corrected chi connectivity index (χ3v) is 4.04. The molecule has 0 saturated heterocycles. The Morgan fingerprint density at radius 3 is 2.57 bits per heavy atom. The number of hydrogen-bond donors (Lipinski definition) is 1. The van der Waals surface area contributed by atoms with Crippen molar-refractivity contribution < 1.29 is 8.42 Å². The van der Waals surface area contributed by atoms with E-state index in [1.807, 2.05) is 0 Å². The summed E-state index contributed by atoms with van der Waals surface area (Å²) in [7, 11) is -2.80. The molecule has 3 nitrogen and oxygen atoms in total. The lowest BCUT2D eigenvalue weighted by molar-refractivity contribution is 0.397. The number of rotatable bonds is 5. The molecule has 0 radical (unpaired) electrons. The van der Waals surface area contributed by atoms with Crippen LogP contribution >= 0.6 is 0 Å². The lowest BCUT2D eigenvalue weighted by atomic mass is 9.98. The molecule has 0 aromatic rings. The van der Waals surface area contributed by atoms with Crippen molar-refractivity contribution in [1.29, 1.82) is 0 Å². The summed E-state index contributed by atoms with van der Waals surface area (Å²) in [6.07, 6.45) is 5.25. The normalized spacial score (nSPS) is 28.1. The van der Waals surface area contributed by atoms with Crippen molar-refractivity contribution in [3.8, 4) is 0 Å². The average molecular weight is 219 g/mol. The van der Waals surface area contributed by atoms with Crippen molar-refractivity contribution in [2.75, 3.05) is 25.1 Å². The van der Waals surface area contributed by atoms with E-state index in [0.717, 1.165) is 18.4 Å². The van der Waals surface area contributed by atoms with Gasteiger partial charge >= 0.3 is 0 Å². The van der Waals surface area contributed by atoms with Crippen molar-refractivity contribution >= 4 is 9.84 Å². The largest absolute Gasteiger partial charge is 0.315 e. The molecule has 4 heteroatoms. The first kappa shape index (κ1) is 12.0. The third kappa shape index (κ3) is 4.42. The fourth-order valence-corrected chi connectivity index (χ4v) is 2.59. The van der Waals surface area contributed by atoms with Crippen molar-refractivity contribution in [3.05, 3.63) is 0 Å². The Kier molecular flexibility index (Phi) is 4.38. The van der Waals surface area contributed by atoms with Gasteiger partial charge in [0.25, 0.3) is 0 Å². The lowest BCUT2D eigenvalue weighted by Crippen LogP contribution is -2.28. The summed E-state index contributed by atoms with van der Waals surface area (Å²) in [5, 5.41) is 3.24. The van der Waals surface area contributed by atoms with Crippen LogP contribution in [0.1, 0.15) is 26.2 Å². The molecule has 0 heterocycles. The first-order chi connectivity index (χ1) is 6.49. The van der Waals surface area contributed by atoms with Crippen LogP contribution in [-0.4, -0.2) is 33.5 Å². The Morgan fingerprint density at radius 1 is 1.36 bits per heavy atom. The molecule has 0 aromatic carbocycles. The van der Waals surface area contributed by atoms with E-state index in [-0.39, 0.29) is 5.75 Å². The van der Waals surface area contributed by atoms with E-state index in [4.69, 9.17) is 0 Å². The molecular formula is C10H21NO2S. The molecule has 0 bridgehead atoms. The van der Waals surface area contributed by atoms with Gasteiger partial charge in [0, 0.05) is 12.8 Å². The highest BCUT2D eigenvalue weighted by molar-refractivity contribution is 7.90. The van der Waals surface area contributed by atoms with Gasteiger partial charge in [-0.05, 0) is 24.8 Å². The highest BCUT2D eigenvalue weighted by Gasteiger charge is 2.22. The maximum Gasteiger partial charge on any atom is 0.148 e. The maximum atomic E-state index is 10.9. The minimum atomic E-state index is -2.80. The summed E-state index contributed by atoms with van der Waals surface area (Å²) in [4.78, 5) is 0. The highest BCUT2D eigenvalue weighted by Crippen LogP contribution is 2.30. The molecule has 0 aliphatic heterocycles. The highest BCUT2D eigenvalue weighted by atomic mass is 32.2. The smallest absolute Gasteiger partial charge is 0.148 e. The average Bonchev–Trinajstić information content (AvgIpc) is 2.44. The van der Waals surface area contributed by atoms with E-state index in [0.29, 0.717) is 6.54 Å². The Morgan fingerprint density at radius 2 is 2.07 bits per heavy atom. The molecular weight excluding hydrogens is 198 g/mol. The standard InChI is InChI=1S/C10H21NO2S/c1-9-4-3-5-10(9)8-11-6-7-14(2,12)13/h9-11H,3-8H2,1-2H3. The Labute approximate surface area is 87.2 Å². The number of sulfone groups is 1. The molecule has 2 unspecified atom stereocenters. The Bertz CT molecular complexity index is 261. The molecule has 1 saturated carbocycles. The second-order valence-corrected chi connectivity index (χ2v) is 6.76. The van der Waals surface area contributed by atoms with E-state index >= 15 is 0 Å². The molecule has 14 heavy (non-hydrogen) atoms. The zero-order valence-electron chi connectivity index (χ0n) is 9.12. The fraction of sp³-hybridized carbons (Fsp3) is 1.00. The first-order valence-corrected chi connectivity index (χ1v) is 7.43. The number of nitrogens with one attached hydrogen (secondary N) is 1. The second kappa shape index (κ2) is 5.12. The Balaban J connectivity index is 2.09. The van der Waals surface area contributed by atoms with Crippen LogP contribution in [-0.2, 0) is 9.84 Å². The van der Waals surface area contributed by atoms with Crippen LogP contribution in [0.4, 0.5) is 0 Å². The summed E-state index contributed by atoms with van der Waals surface area (Å²) in [6.45, 7) is 3.87. The van der Waals surface area contributed by atoms with Gasteiger partial charge in [-0.2, -0.15) is 0 Å². The molecule has 1 rings (SSSR count). The van der Waals surface area contributed by atoms with Gasteiger partial charge in [0.05, 0.1) is 5.75 Å². The molecule has 0 amide bonds. The SMILES string of the molecule is CC1CCCC1CNCCS(C)(=O)=O. The van der Waals surface area contributed by atoms with E-state index in [1.54, 1.807) is 0 Å². The van der Waals surface area contributed by atoms with Crippen molar-refractivity contribution in [2.24, 2.45) is 11.8 Å². The van der Waals surface area contributed by atoms with E-state index in [9.17, 15) is 8.42 Å². The van der Waals surface area contributed by atoms with Crippen molar-refractivity contribution in [3.63, 3.8) is 0 Å². The molecule has 1 aliphatic rings. The van der Waals surface area contributed by atoms with Crippen LogP contribution in [0.5, 0.6) is 0 Å². The van der Waals surface area contributed by atoms with Gasteiger partial charge in [0.2, 0.25) is 0 Å². The minimum Gasteiger partial charge on any atom is -0.315 e. The van der Waals surface area contributed by atoms with Gasteiger partial charge in [-0.3, -0.25) is 0 Å². The van der Waals surface area contributed by atoms with Crippen LogP contribution in [0, 0.1) is 11.8 Å². The van der Waals surface area contributed by atoms with Gasteiger partial charge < -0.3 is 5.32 Å². The zero-order valence-corrected chi connectivity index (χ0v) is 9.94. The maximum absolute atomic E-state index is 10.9. The summed E-state index contributed by atoms with van der Waals surface area (Å²) in [5.41, 5.74) is 0. The Hall–Kier alpha value is -0.0900. The predicted molar refractivity (Wildman–Crippen MR) is 59.1 cm³/mol. The van der Waals surface area contributed by atoms with Crippen LogP contribution in [0.25, 0.3) is 0 Å². The third-order valence-electron chi connectivity index (χ3n) is 3.10. The van der Waals surface area contributed by atoms with E-state index < -0.39 is 9.84 Å². The van der Waals surface area contributed by atoms with Gasteiger partial charge in [-0.1, -0.05) is 19.8 Å². The fourth-order valence-electron chi connectivity index (χ4n) is 2.07. The molecule has 1 aliphatic carbocycles. The van der Waals surface area contributed by atoms with Gasteiger partial charge in [0.15, 0.2) is 0 Å². The molecule has 1 fully saturated rings. The lowest BCUT2D eigenvalue weighted by Gasteiger charge is -2.15. The molecule has 1 N–H and O–H groups in total. The van der Waals surface area contributed by atoms with Crippen LogP contribution in [0.3, 0.4) is 0 Å². The van der Waals surface area contributed by atoms with Gasteiger partial charge in [-0.15, -0.1) is 0 Å². The summed E-state index contributed by atoms with van der Waals surface area (Å²) < 4.78 is 21.7. The molecule has 0 spiro atoms. The summed E-state index contributed by atoms with van der Waals surface area (Å²) in [5.74, 6) is 1.82. The molecule has 2 atom stereocenters. The van der Waals surface area contributed by atoms with Crippen LogP contribution < -0.4 is 5.32 Å². The minimum absolute atomic E-state index is 0.258. The number of hydrogen-bond acceptors (Lipinski definition) is 3. The zero-order chi connectivity index (χ0) is 10.6. The summed E-state index contributed by atoms with van der Waals surface area (Å²) in [6, 6.07) is 0. The summed E-state index contributed by atoms with van der Waals surface area (Å²) >= 11 is 0. The van der Waals surface area contributed by atoms with E-state index in [1.165, 1.54) is 25.5 Å². The topological polar surface area (TPSA) is 46.2 Å².